The van der Waals surface area contributed by atoms with E-state index >= 15 is 0 Å². The fourth-order valence-corrected chi connectivity index (χ4v) is 3.31. The normalized spacial score (nSPS) is 13.1. The molecule has 0 aliphatic rings. The van der Waals surface area contributed by atoms with E-state index in [0.29, 0.717) is 24.5 Å². The molecule has 148 valence electrons. The molecule has 2 unspecified atom stereocenters. The molecule has 26 heavy (non-hydrogen) atoms. The topological polar surface area (TPSA) is 88.0 Å². The highest BCUT2D eigenvalue weighted by Gasteiger charge is 2.12. The van der Waals surface area contributed by atoms with E-state index in [1.54, 1.807) is 31.5 Å². The second kappa shape index (κ2) is 13.3. The molecule has 0 saturated carbocycles. The average molecular weight is 403 g/mol. The summed E-state index contributed by atoms with van der Waals surface area (Å²) in [6.07, 6.45) is 7.47. The molecule has 0 heterocycles. The van der Waals surface area contributed by atoms with Crippen molar-refractivity contribution in [2.24, 2.45) is 0 Å². The number of benzene rings is 1. The van der Waals surface area contributed by atoms with E-state index in [0.717, 1.165) is 18.4 Å². The monoisotopic (exact) mass is 403 g/mol. The Kier molecular flexibility index (Phi) is 11.8. The summed E-state index contributed by atoms with van der Waals surface area (Å²) in [6, 6.07) is 5.20. The number of nitrogens with one attached hydrogen (secondary N) is 1. The van der Waals surface area contributed by atoms with Crippen LogP contribution < -0.4 is 14.4 Å². The summed E-state index contributed by atoms with van der Waals surface area (Å²) in [5.74, 6) is 0.787. The van der Waals surface area contributed by atoms with Crippen molar-refractivity contribution in [3.63, 3.8) is 0 Å². The number of hydrogen-bond acceptors (Lipinski definition) is 5. The summed E-state index contributed by atoms with van der Waals surface area (Å²) in [5, 5.41) is 2.90. The molecule has 0 aliphatic heterocycles. The van der Waals surface area contributed by atoms with Crippen molar-refractivity contribution < 1.29 is 23.6 Å². The van der Waals surface area contributed by atoms with Crippen molar-refractivity contribution in [2.45, 2.75) is 58.4 Å². The van der Waals surface area contributed by atoms with Gasteiger partial charge in [-0.25, -0.2) is 0 Å². The standard InChI is InChI=1S/C18H31NO5P2/c1-4-5-6-7-8-9-10-18(20)19-14-15-11-12-16(23-25(2)21)17(13-15)24-26(3)22/h11-13,21-22H,4-10,14H2,1-3H3,(H,19,20). The van der Waals surface area contributed by atoms with Gasteiger partial charge in [0.25, 0.3) is 0 Å². The molecular weight excluding hydrogens is 372 g/mol. The van der Waals surface area contributed by atoms with Crippen molar-refractivity contribution in [3.8, 4) is 11.5 Å². The third-order valence-electron chi connectivity index (χ3n) is 3.72. The Hall–Kier alpha value is -0.930. The molecule has 1 amide bonds. The van der Waals surface area contributed by atoms with E-state index in [1.807, 2.05) is 0 Å². The van der Waals surface area contributed by atoms with E-state index in [2.05, 4.69) is 12.2 Å². The quantitative estimate of drug-likeness (QED) is 0.329. The van der Waals surface area contributed by atoms with Gasteiger partial charge in [0.1, 0.15) is 0 Å². The first-order valence-electron chi connectivity index (χ1n) is 9.03. The van der Waals surface area contributed by atoms with Crippen LogP contribution in [0.15, 0.2) is 18.2 Å². The van der Waals surface area contributed by atoms with E-state index in [9.17, 15) is 14.6 Å². The maximum absolute atomic E-state index is 11.9. The molecular formula is C18H31NO5P2. The van der Waals surface area contributed by atoms with Crippen LogP contribution in [-0.4, -0.2) is 29.0 Å². The van der Waals surface area contributed by atoms with Gasteiger partial charge in [0.15, 0.2) is 11.5 Å². The lowest BCUT2D eigenvalue weighted by atomic mass is 10.1. The van der Waals surface area contributed by atoms with Gasteiger partial charge in [-0.3, -0.25) is 4.79 Å². The van der Waals surface area contributed by atoms with E-state index < -0.39 is 16.8 Å². The van der Waals surface area contributed by atoms with Gasteiger partial charge in [-0.05, 0) is 24.1 Å². The van der Waals surface area contributed by atoms with Gasteiger partial charge in [0, 0.05) is 26.3 Å². The summed E-state index contributed by atoms with van der Waals surface area (Å²) in [6.45, 7) is 5.69. The lowest BCUT2D eigenvalue weighted by molar-refractivity contribution is -0.121. The minimum atomic E-state index is -1.61. The average Bonchev–Trinajstić information content (AvgIpc) is 2.57. The Bertz CT molecular complexity index is 540. The zero-order chi connectivity index (χ0) is 19.4. The van der Waals surface area contributed by atoms with E-state index in [-0.39, 0.29) is 5.91 Å². The first kappa shape index (κ1) is 23.1. The third kappa shape index (κ3) is 10.3. The first-order chi connectivity index (χ1) is 12.4. The SMILES string of the molecule is CCCCCCCCC(=O)NCc1ccc(OP(C)O)c(OP(C)O)c1. The molecule has 2 atom stereocenters. The highest BCUT2D eigenvalue weighted by atomic mass is 31.2. The fourth-order valence-electron chi connectivity index (χ4n) is 2.45. The van der Waals surface area contributed by atoms with Gasteiger partial charge in [-0.2, -0.15) is 0 Å². The van der Waals surface area contributed by atoms with E-state index in [1.165, 1.54) is 25.7 Å². The van der Waals surface area contributed by atoms with Crippen LogP contribution in [-0.2, 0) is 11.3 Å². The second-order valence-corrected chi connectivity index (χ2v) is 8.41. The number of carbonyl (C=O) groups excluding carboxylic acids is 1. The third-order valence-corrected chi connectivity index (χ3v) is 4.64. The van der Waals surface area contributed by atoms with Crippen LogP contribution in [0.1, 0.15) is 57.4 Å². The smallest absolute Gasteiger partial charge is 0.224 e. The Morgan fingerprint density at radius 1 is 1.00 bits per heavy atom. The molecule has 0 bridgehead atoms. The highest BCUT2D eigenvalue weighted by Crippen LogP contribution is 2.41. The van der Waals surface area contributed by atoms with Crippen LogP contribution in [0, 0.1) is 0 Å². The zero-order valence-corrected chi connectivity index (χ0v) is 17.7. The van der Waals surface area contributed by atoms with Crippen LogP contribution >= 0.6 is 16.8 Å². The summed E-state index contributed by atoms with van der Waals surface area (Å²) < 4.78 is 10.7. The minimum absolute atomic E-state index is 0.0376. The van der Waals surface area contributed by atoms with Gasteiger partial charge >= 0.3 is 0 Å². The lowest BCUT2D eigenvalue weighted by Gasteiger charge is -2.16. The van der Waals surface area contributed by atoms with Crippen LogP contribution in [0.25, 0.3) is 0 Å². The van der Waals surface area contributed by atoms with Gasteiger partial charge in [-0.15, -0.1) is 0 Å². The molecule has 8 heteroatoms. The Morgan fingerprint density at radius 3 is 2.27 bits per heavy atom. The van der Waals surface area contributed by atoms with Gasteiger partial charge in [0.2, 0.25) is 22.7 Å². The molecule has 0 aromatic heterocycles. The Balaban J connectivity index is 2.47. The number of hydrogen-bond donors (Lipinski definition) is 3. The summed E-state index contributed by atoms with van der Waals surface area (Å²) in [5.41, 5.74) is 0.846. The molecule has 0 saturated heterocycles. The number of amides is 1. The molecule has 1 aromatic carbocycles. The van der Waals surface area contributed by atoms with Crippen molar-refractivity contribution in [1.29, 1.82) is 0 Å². The van der Waals surface area contributed by atoms with Crippen molar-refractivity contribution in [1.82, 2.24) is 5.32 Å². The molecule has 0 spiro atoms. The molecule has 1 rings (SSSR count). The first-order valence-corrected chi connectivity index (χ1v) is 12.3. The van der Waals surface area contributed by atoms with E-state index in [4.69, 9.17) is 9.05 Å². The molecule has 0 radical (unpaired) electrons. The fraction of sp³-hybridized carbons (Fsp3) is 0.611. The molecule has 6 nitrogen and oxygen atoms in total. The van der Waals surface area contributed by atoms with Crippen molar-refractivity contribution >= 4 is 22.7 Å². The highest BCUT2D eigenvalue weighted by molar-refractivity contribution is 7.46. The van der Waals surface area contributed by atoms with Crippen LogP contribution in [0.2, 0.25) is 0 Å². The van der Waals surface area contributed by atoms with Gasteiger partial charge in [0.05, 0.1) is 0 Å². The zero-order valence-electron chi connectivity index (χ0n) is 15.9. The second-order valence-electron chi connectivity index (χ2n) is 6.19. The van der Waals surface area contributed by atoms with Gasteiger partial charge in [-0.1, -0.05) is 45.1 Å². The largest absolute Gasteiger partial charge is 0.444 e. The van der Waals surface area contributed by atoms with Crippen LogP contribution in [0.4, 0.5) is 0 Å². The predicted octanol–water partition coefficient (Wildman–Crippen LogP) is 4.68. The van der Waals surface area contributed by atoms with Crippen molar-refractivity contribution in [3.05, 3.63) is 23.8 Å². The molecule has 1 aromatic rings. The minimum Gasteiger partial charge on any atom is -0.444 e. The maximum atomic E-state index is 11.9. The van der Waals surface area contributed by atoms with Crippen LogP contribution in [0.5, 0.6) is 11.5 Å². The Labute approximate surface area is 159 Å². The lowest BCUT2D eigenvalue weighted by Crippen LogP contribution is -2.22. The number of carbonyl (C=O) groups is 1. The Morgan fingerprint density at radius 2 is 1.62 bits per heavy atom. The maximum Gasteiger partial charge on any atom is 0.224 e. The van der Waals surface area contributed by atoms with Crippen molar-refractivity contribution in [2.75, 3.05) is 13.3 Å². The molecule has 0 fully saturated rings. The molecule has 0 aliphatic carbocycles. The summed E-state index contributed by atoms with van der Waals surface area (Å²) in [4.78, 5) is 30.9. The number of unbranched alkanes of at least 4 members (excludes halogenated alkanes) is 5. The van der Waals surface area contributed by atoms with Crippen LogP contribution in [0.3, 0.4) is 0 Å². The molecule has 3 N–H and O–H groups in total. The number of rotatable bonds is 13. The van der Waals surface area contributed by atoms with Gasteiger partial charge < -0.3 is 24.2 Å². The predicted molar refractivity (Wildman–Crippen MR) is 108 cm³/mol. The summed E-state index contributed by atoms with van der Waals surface area (Å²) >= 11 is 0. The summed E-state index contributed by atoms with van der Waals surface area (Å²) in [7, 11) is -3.19.